The summed E-state index contributed by atoms with van der Waals surface area (Å²) >= 11 is 3.28. The summed E-state index contributed by atoms with van der Waals surface area (Å²) in [7, 11) is 0. The lowest BCUT2D eigenvalue weighted by Gasteiger charge is -2.13. The Bertz CT molecular complexity index is 426. The number of carbonyl (C=O) groups excluding carboxylic acids is 1. The fourth-order valence-electron chi connectivity index (χ4n) is 1.57. The Hall–Kier alpha value is -1.16. The average molecular weight is 285 g/mol. The van der Waals surface area contributed by atoms with Gasteiger partial charge in [-0.05, 0) is 30.5 Å². The molecule has 3 nitrogen and oxygen atoms in total. The van der Waals surface area contributed by atoms with Crippen molar-refractivity contribution in [3.05, 3.63) is 34.9 Å². The van der Waals surface area contributed by atoms with Crippen molar-refractivity contribution in [2.75, 3.05) is 0 Å². The maximum absolute atomic E-state index is 11.3. The Balaban J connectivity index is 3.22. The molecular weight excluding hydrogens is 272 g/mol. The number of rotatable bonds is 4. The lowest BCUT2D eigenvalue weighted by Crippen LogP contribution is -2.10. The first kappa shape index (κ1) is 12.9. The zero-order chi connectivity index (χ0) is 12.3. The number of hydrogen-bond acceptors (Lipinski definition) is 2. The molecule has 86 valence electrons. The maximum atomic E-state index is 11.3. The molecule has 0 heterocycles. The Morgan fingerprint density at radius 1 is 1.44 bits per heavy atom. The molecule has 0 fully saturated rings. The summed E-state index contributed by atoms with van der Waals surface area (Å²) in [5.41, 5.74) is 2.35. The van der Waals surface area contributed by atoms with Gasteiger partial charge in [0.15, 0.2) is 0 Å². The molecule has 16 heavy (non-hydrogen) atoms. The summed E-state index contributed by atoms with van der Waals surface area (Å²) in [6.45, 7) is 3.33. The summed E-state index contributed by atoms with van der Waals surface area (Å²) in [5.74, 6) is -0.920. The zero-order valence-electron chi connectivity index (χ0n) is 9.16. The highest BCUT2D eigenvalue weighted by atomic mass is 79.9. The number of carboxylic acid groups (broad SMARTS) is 1. The lowest BCUT2D eigenvalue weighted by molar-refractivity contribution is -0.136. The van der Waals surface area contributed by atoms with Gasteiger partial charge in [0.05, 0.1) is 11.2 Å². The van der Waals surface area contributed by atoms with Crippen molar-refractivity contribution in [3.8, 4) is 0 Å². The minimum Gasteiger partial charge on any atom is -0.481 e. The van der Waals surface area contributed by atoms with Gasteiger partial charge < -0.3 is 5.11 Å². The highest BCUT2D eigenvalue weighted by Crippen LogP contribution is 2.29. The number of carboxylic acids is 1. The van der Waals surface area contributed by atoms with E-state index >= 15 is 0 Å². The molecule has 1 aromatic carbocycles. The zero-order valence-corrected chi connectivity index (χ0v) is 10.7. The Morgan fingerprint density at radius 2 is 2.06 bits per heavy atom. The van der Waals surface area contributed by atoms with Crippen LogP contribution in [0.2, 0.25) is 0 Å². The first-order chi connectivity index (χ1) is 7.43. The van der Waals surface area contributed by atoms with E-state index in [1.54, 1.807) is 6.07 Å². The molecule has 0 aliphatic rings. The van der Waals surface area contributed by atoms with Gasteiger partial charge in [0.25, 0.3) is 0 Å². The van der Waals surface area contributed by atoms with Crippen molar-refractivity contribution < 1.29 is 14.7 Å². The van der Waals surface area contributed by atoms with Gasteiger partial charge >= 0.3 is 5.97 Å². The van der Waals surface area contributed by atoms with Gasteiger partial charge in [-0.2, -0.15) is 0 Å². The molecule has 0 spiro atoms. The van der Waals surface area contributed by atoms with Crippen LogP contribution in [-0.4, -0.2) is 16.9 Å². The van der Waals surface area contributed by atoms with Crippen molar-refractivity contribution in [2.24, 2.45) is 0 Å². The molecule has 1 N–H and O–H groups in total. The van der Waals surface area contributed by atoms with E-state index < -0.39 is 10.8 Å². The number of hydrogen-bond donors (Lipinski definition) is 1. The van der Waals surface area contributed by atoms with Crippen molar-refractivity contribution in [1.29, 1.82) is 0 Å². The number of benzene rings is 1. The third kappa shape index (κ3) is 2.92. The number of aryl methyl sites for hydroxylation is 1. The minimum absolute atomic E-state index is 0.0303. The SMILES string of the molecule is CC(=O)C(Br)c1cccc(C)c1CC(=O)O. The highest BCUT2D eigenvalue weighted by molar-refractivity contribution is 9.09. The van der Waals surface area contributed by atoms with Crippen LogP contribution in [0, 0.1) is 6.92 Å². The second kappa shape index (κ2) is 5.25. The summed E-state index contributed by atoms with van der Waals surface area (Å²) in [5, 5.41) is 8.84. The van der Waals surface area contributed by atoms with Crippen molar-refractivity contribution >= 4 is 27.7 Å². The van der Waals surface area contributed by atoms with Crippen LogP contribution in [0.4, 0.5) is 0 Å². The van der Waals surface area contributed by atoms with Gasteiger partial charge in [0.2, 0.25) is 0 Å². The highest BCUT2D eigenvalue weighted by Gasteiger charge is 2.18. The van der Waals surface area contributed by atoms with Gasteiger partial charge in [0, 0.05) is 0 Å². The molecule has 0 aliphatic carbocycles. The molecule has 0 saturated carbocycles. The second-order valence-corrected chi connectivity index (χ2v) is 4.60. The molecular formula is C12H13BrO3. The normalized spacial score (nSPS) is 12.2. The van der Waals surface area contributed by atoms with Crippen molar-refractivity contribution in [2.45, 2.75) is 25.1 Å². The van der Waals surface area contributed by atoms with Gasteiger partial charge in [-0.1, -0.05) is 34.1 Å². The predicted molar refractivity (Wildman–Crippen MR) is 64.9 cm³/mol. The molecule has 1 atom stereocenters. The largest absolute Gasteiger partial charge is 0.481 e. The number of ketones is 1. The van der Waals surface area contributed by atoms with Crippen LogP contribution in [0.1, 0.15) is 28.4 Å². The molecule has 4 heteroatoms. The maximum Gasteiger partial charge on any atom is 0.307 e. The summed E-state index contributed by atoms with van der Waals surface area (Å²) in [6, 6.07) is 5.46. The smallest absolute Gasteiger partial charge is 0.307 e. The Morgan fingerprint density at radius 3 is 2.56 bits per heavy atom. The van der Waals surface area contributed by atoms with E-state index in [0.29, 0.717) is 5.56 Å². The van der Waals surface area contributed by atoms with Crippen LogP contribution in [0.5, 0.6) is 0 Å². The fourth-order valence-corrected chi connectivity index (χ4v) is 2.00. The number of alkyl halides is 1. The van der Waals surface area contributed by atoms with E-state index in [1.807, 2.05) is 19.1 Å². The molecule has 0 bridgehead atoms. The van der Waals surface area contributed by atoms with Crippen LogP contribution in [0.15, 0.2) is 18.2 Å². The van der Waals surface area contributed by atoms with Gasteiger partial charge in [-0.25, -0.2) is 0 Å². The summed E-state index contributed by atoms with van der Waals surface area (Å²) in [6.07, 6.45) is -0.0581. The monoisotopic (exact) mass is 284 g/mol. The van der Waals surface area contributed by atoms with Gasteiger partial charge in [0.1, 0.15) is 5.78 Å². The summed E-state index contributed by atoms with van der Waals surface area (Å²) < 4.78 is 0. The molecule has 0 amide bonds. The molecule has 0 saturated heterocycles. The van der Waals surface area contributed by atoms with E-state index in [-0.39, 0.29) is 12.2 Å². The quantitative estimate of drug-likeness (QED) is 0.865. The molecule has 1 rings (SSSR count). The van der Waals surface area contributed by atoms with E-state index in [0.717, 1.165) is 11.1 Å². The van der Waals surface area contributed by atoms with Crippen LogP contribution in [0.3, 0.4) is 0 Å². The standard InChI is InChI=1S/C12H13BrO3/c1-7-4-3-5-9(12(13)8(2)14)10(7)6-11(15)16/h3-5,12H,6H2,1-2H3,(H,15,16). The minimum atomic E-state index is -0.890. The number of halogens is 1. The third-order valence-electron chi connectivity index (χ3n) is 2.40. The fraction of sp³-hybridized carbons (Fsp3) is 0.333. The number of carbonyl (C=O) groups is 2. The van der Waals surface area contributed by atoms with Gasteiger partial charge in [-0.15, -0.1) is 0 Å². The van der Waals surface area contributed by atoms with E-state index in [2.05, 4.69) is 15.9 Å². The van der Waals surface area contributed by atoms with E-state index in [4.69, 9.17) is 5.11 Å². The third-order valence-corrected chi connectivity index (χ3v) is 3.54. The first-order valence-electron chi connectivity index (χ1n) is 4.88. The van der Waals surface area contributed by atoms with Crippen molar-refractivity contribution in [3.63, 3.8) is 0 Å². The molecule has 0 aliphatic heterocycles. The predicted octanol–water partition coefficient (Wildman–Crippen LogP) is 2.65. The van der Waals surface area contributed by atoms with Crippen molar-refractivity contribution in [1.82, 2.24) is 0 Å². The molecule has 1 aromatic rings. The van der Waals surface area contributed by atoms with E-state index in [9.17, 15) is 9.59 Å². The first-order valence-corrected chi connectivity index (χ1v) is 5.79. The Kier molecular flexibility index (Phi) is 4.24. The Labute approximate surface area is 103 Å². The lowest BCUT2D eigenvalue weighted by atomic mass is 9.96. The topological polar surface area (TPSA) is 54.4 Å². The number of aliphatic carboxylic acids is 1. The van der Waals surface area contributed by atoms with Crippen LogP contribution < -0.4 is 0 Å². The average Bonchev–Trinajstić information content (AvgIpc) is 2.19. The second-order valence-electron chi connectivity index (χ2n) is 3.69. The molecule has 0 aromatic heterocycles. The van der Waals surface area contributed by atoms with Gasteiger partial charge in [-0.3, -0.25) is 9.59 Å². The summed E-state index contributed by atoms with van der Waals surface area (Å²) in [4.78, 5) is 21.6. The number of Topliss-reactive ketones (excluding diaryl/α,β-unsaturated/α-hetero) is 1. The molecule has 1 unspecified atom stereocenters. The van der Waals surface area contributed by atoms with Crippen LogP contribution in [0.25, 0.3) is 0 Å². The van der Waals surface area contributed by atoms with Crippen LogP contribution >= 0.6 is 15.9 Å². The van der Waals surface area contributed by atoms with Crippen LogP contribution in [-0.2, 0) is 16.0 Å². The molecule has 0 radical (unpaired) electrons. The van der Waals surface area contributed by atoms with E-state index in [1.165, 1.54) is 6.92 Å².